The van der Waals surface area contributed by atoms with E-state index in [9.17, 15) is 14.0 Å². The van der Waals surface area contributed by atoms with Crippen molar-refractivity contribution >= 4 is 17.6 Å². The van der Waals surface area contributed by atoms with Gasteiger partial charge in [0, 0.05) is 50.5 Å². The molecular weight excluding hydrogens is 409 g/mol. The Kier molecular flexibility index (Phi) is 5.52. The number of urea groups is 1. The van der Waals surface area contributed by atoms with Crippen molar-refractivity contribution in [2.45, 2.75) is 12.8 Å². The van der Waals surface area contributed by atoms with E-state index >= 15 is 0 Å². The number of nitrogens with one attached hydrogen (secondary N) is 1. The topological polar surface area (TPSA) is 110 Å². The molecule has 1 spiro atoms. The molecule has 1 N–H and O–H groups in total. The number of carbonyl (C=O) groups is 2. The quantitative estimate of drug-likeness (QED) is 0.763. The van der Waals surface area contributed by atoms with Crippen LogP contribution in [0.3, 0.4) is 0 Å². The first-order valence-electron chi connectivity index (χ1n) is 9.81. The molecule has 2 aromatic rings. The highest BCUT2D eigenvalue weighted by Gasteiger charge is 2.58. The largest absolute Gasteiger partial charge is 0.494 e. The molecule has 31 heavy (non-hydrogen) atoms. The number of hydrogen-bond acceptors (Lipinski definition) is 7. The standard InChI is InChI=1S/C20H24FN5O5/c1-12-22-18(31-24-12)14-7-25(17(27)8-29-2)9-20(14)10-26(11-20)19(28)23-13-4-5-16(30-3)15(21)6-13/h4-6,14H,7-11H2,1-3H3,(H,23,28). The summed E-state index contributed by atoms with van der Waals surface area (Å²) in [6, 6.07) is 3.88. The molecule has 3 heterocycles. The summed E-state index contributed by atoms with van der Waals surface area (Å²) in [6.45, 7) is 3.40. The van der Waals surface area contributed by atoms with E-state index in [-0.39, 0.29) is 35.6 Å². The van der Waals surface area contributed by atoms with Gasteiger partial charge in [0.15, 0.2) is 17.4 Å². The van der Waals surface area contributed by atoms with E-state index < -0.39 is 5.82 Å². The van der Waals surface area contributed by atoms with Crippen molar-refractivity contribution in [3.8, 4) is 5.75 Å². The van der Waals surface area contributed by atoms with Gasteiger partial charge in [0.25, 0.3) is 0 Å². The Hall–Kier alpha value is -3.21. The van der Waals surface area contributed by atoms with Gasteiger partial charge in [0.2, 0.25) is 11.8 Å². The van der Waals surface area contributed by atoms with E-state index in [1.54, 1.807) is 22.8 Å². The number of halogens is 1. The maximum absolute atomic E-state index is 13.9. The summed E-state index contributed by atoms with van der Waals surface area (Å²) < 4.78 is 29.2. The summed E-state index contributed by atoms with van der Waals surface area (Å²) in [5.74, 6) is 0.208. The Labute approximate surface area is 178 Å². The van der Waals surface area contributed by atoms with Gasteiger partial charge in [-0.15, -0.1) is 0 Å². The Morgan fingerprint density at radius 1 is 1.29 bits per heavy atom. The average Bonchev–Trinajstić information content (AvgIpc) is 3.31. The number of carbonyl (C=O) groups excluding carboxylic acids is 2. The number of rotatable bonds is 5. The van der Waals surface area contributed by atoms with E-state index in [4.69, 9.17) is 14.0 Å². The molecule has 1 atom stereocenters. The van der Waals surface area contributed by atoms with Gasteiger partial charge < -0.3 is 29.1 Å². The lowest BCUT2D eigenvalue weighted by Crippen LogP contribution is -2.62. The molecule has 0 saturated carbocycles. The zero-order valence-corrected chi connectivity index (χ0v) is 17.6. The van der Waals surface area contributed by atoms with E-state index in [1.165, 1.54) is 26.4 Å². The number of likely N-dealkylation sites (tertiary alicyclic amines) is 2. The lowest BCUT2D eigenvalue weighted by Gasteiger charge is -2.49. The minimum absolute atomic E-state index is 0.0150. The first kappa shape index (κ1) is 21.0. The van der Waals surface area contributed by atoms with Crippen molar-refractivity contribution in [1.82, 2.24) is 19.9 Å². The predicted octanol–water partition coefficient (Wildman–Crippen LogP) is 1.63. The number of ether oxygens (including phenoxy) is 2. The fraction of sp³-hybridized carbons (Fsp3) is 0.500. The van der Waals surface area contributed by atoms with Gasteiger partial charge in [0.05, 0.1) is 13.0 Å². The number of benzene rings is 1. The highest BCUT2D eigenvalue weighted by atomic mass is 19.1. The normalized spacial score (nSPS) is 19.4. The third kappa shape index (κ3) is 3.92. The summed E-state index contributed by atoms with van der Waals surface area (Å²) in [5.41, 5.74) is -0.0538. The summed E-state index contributed by atoms with van der Waals surface area (Å²) in [6.07, 6.45) is 0. The van der Waals surface area contributed by atoms with E-state index in [1.807, 2.05) is 0 Å². The highest BCUT2D eigenvalue weighted by molar-refractivity contribution is 5.90. The summed E-state index contributed by atoms with van der Waals surface area (Å²) in [7, 11) is 2.85. The van der Waals surface area contributed by atoms with Gasteiger partial charge in [-0.05, 0) is 19.1 Å². The minimum atomic E-state index is -0.560. The SMILES string of the molecule is COCC(=O)N1CC(c2nc(C)no2)C2(C1)CN(C(=O)Nc1ccc(OC)c(F)c1)C2. The van der Waals surface area contributed by atoms with Gasteiger partial charge in [-0.2, -0.15) is 4.98 Å². The lowest BCUT2D eigenvalue weighted by molar-refractivity contribution is -0.134. The number of nitrogens with zero attached hydrogens (tertiary/aromatic N) is 4. The van der Waals surface area contributed by atoms with E-state index in [2.05, 4.69) is 15.5 Å². The van der Waals surface area contributed by atoms with Crippen LogP contribution < -0.4 is 10.1 Å². The fourth-order valence-corrected chi connectivity index (χ4v) is 4.29. The van der Waals surface area contributed by atoms with Crippen LogP contribution in [0, 0.1) is 18.2 Å². The van der Waals surface area contributed by atoms with Crippen molar-refractivity contribution in [2.75, 3.05) is 52.3 Å². The minimum Gasteiger partial charge on any atom is -0.494 e. The van der Waals surface area contributed by atoms with Gasteiger partial charge in [-0.1, -0.05) is 5.16 Å². The molecule has 2 saturated heterocycles. The van der Waals surface area contributed by atoms with Crippen molar-refractivity contribution in [2.24, 2.45) is 5.41 Å². The third-order valence-electron chi connectivity index (χ3n) is 5.81. The first-order chi connectivity index (χ1) is 14.8. The molecule has 1 unspecified atom stereocenters. The van der Waals surface area contributed by atoms with E-state index in [0.717, 1.165) is 0 Å². The molecule has 0 aliphatic carbocycles. The number of aryl methyl sites for hydroxylation is 1. The number of methoxy groups -OCH3 is 2. The van der Waals surface area contributed by atoms with Crippen molar-refractivity contribution < 1.29 is 28.0 Å². The van der Waals surface area contributed by atoms with Crippen LogP contribution in [0.2, 0.25) is 0 Å². The second-order valence-electron chi connectivity index (χ2n) is 7.94. The number of aromatic nitrogens is 2. The molecule has 1 aromatic carbocycles. The number of anilines is 1. The molecular formula is C20H24FN5O5. The van der Waals surface area contributed by atoms with Crippen LogP contribution in [-0.2, 0) is 9.53 Å². The number of hydrogen-bond donors (Lipinski definition) is 1. The first-order valence-corrected chi connectivity index (χ1v) is 9.81. The maximum atomic E-state index is 13.9. The van der Waals surface area contributed by atoms with Gasteiger partial charge >= 0.3 is 6.03 Å². The summed E-state index contributed by atoms with van der Waals surface area (Å²) in [5, 5.41) is 6.57. The van der Waals surface area contributed by atoms with Gasteiger partial charge in [-0.25, -0.2) is 9.18 Å². The summed E-state index contributed by atoms with van der Waals surface area (Å²) >= 11 is 0. The summed E-state index contributed by atoms with van der Waals surface area (Å²) in [4.78, 5) is 32.7. The smallest absolute Gasteiger partial charge is 0.321 e. The van der Waals surface area contributed by atoms with Crippen LogP contribution in [0.4, 0.5) is 14.9 Å². The van der Waals surface area contributed by atoms with Gasteiger partial charge in [-0.3, -0.25) is 4.79 Å². The number of amides is 3. The van der Waals surface area contributed by atoms with Crippen LogP contribution >= 0.6 is 0 Å². The second-order valence-corrected chi connectivity index (χ2v) is 7.94. The van der Waals surface area contributed by atoms with Crippen molar-refractivity contribution in [3.63, 3.8) is 0 Å². The second kappa shape index (κ2) is 8.14. The van der Waals surface area contributed by atoms with Crippen LogP contribution in [0.5, 0.6) is 5.75 Å². The Balaban J connectivity index is 1.46. The predicted molar refractivity (Wildman–Crippen MR) is 106 cm³/mol. The molecule has 10 nitrogen and oxygen atoms in total. The van der Waals surface area contributed by atoms with Crippen LogP contribution in [-0.4, -0.2) is 78.9 Å². The Morgan fingerprint density at radius 2 is 2.03 bits per heavy atom. The molecule has 0 radical (unpaired) electrons. The molecule has 2 aliphatic heterocycles. The van der Waals surface area contributed by atoms with Crippen LogP contribution in [0.15, 0.2) is 22.7 Å². The van der Waals surface area contributed by atoms with Crippen LogP contribution in [0.25, 0.3) is 0 Å². The van der Waals surface area contributed by atoms with Gasteiger partial charge in [0.1, 0.15) is 6.61 Å². The maximum Gasteiger partial charge on any atom is 0.321 e. The molecule has 2 aliphatic rings. The van der Waals surface area contributed by atoms with Crippen molar-refractivity contribution in [1.29, 1.82) is 0 Å². The molecule has 2 fully saturated rings. The van der Waals surface area contributed by atoms with Crippen LogP contribution in [0.1, 0.15) is 17.6 Å². The molecule has 1 aromatic heterocycles. The monoisotopic (exact) mass is 433 g/mol. The molecule has 3 amide bonds. The molecule has 166 valence electrons. The molecule has 11 heteroatoms. The fourth-order valence-electron chi connectivity index (χ4n) is 4.29. The molecule has 0 bridgehead atoms. The Morgan fingerprint density at radius 3 is 2.65 bits per heavy atom. The Bertz CT molecular complexity index is 990. The zero-order chi connectivity index (χ0) is 22.2. The third-order valence-corrected chi connectivity index (χ3v) is 5.81. The molecule has 4 rings (SSSR count). The van der Waals surface area contributed by atoms with E-state index in [0.29, 0.717) is 43.6 Å². The zero-order valence-electron chi connectivity index (χ0n) is 17.6. The lowest BCUT2D eigenvalue weighted by atomic mass is 9.71. The highest BCUT2D eigenvalue weighted by Crippen LogP contribution is 2.48. The average molecular weight is 433 g/mol. The van der Waals surface area contributed by atoms with Crippen molar-refractivity contribution in [3.05, 3.63) is 35.7 Å².